The number of amides is 1. The second-order valence-corrected chi connectivity index (χ2v) is 8.26. The van der Waals surface area contributed by atoms with Crippen molar-refractivity contribution in [2.75, 3.05) is 46.5 Å². The maximum absolute atomic E-state index is 13.9. The molecule has 0 aliphatic carbocycles. The van der Waals surface area contributed by atoms with Crippen LogP contribution in [-0.4, -0.2) is 62.2 Å². The number of methoxy groups -OCH3 is 1. The van der Waals surface area contributed by atoms with Crippen LogP contribution >= 0.6 is 0 Å². The Morgan fingerprint density at radius 2 is 1.64 bits per heavy atom. The largest absolute Gasteiger partial charge is 0.496 e. The van der Waals surface area contributed by atoms with Gasteiger partial charge < -0.3 is 14.4 Å². The molecule has 0 radical (unpaired) electrons. The van der Waals surface area contributed by atoms with E-state index in [1.807, 2.05) is 71.6 Å². The van der Waals surface area contributed by atoms with Gasteiger partial charge in [0, 0.05) is 43.9 Å². The first kappa shape index (κ1) is 23.0. The summed E-state index contributed by atoms with van der Waals surface area (Å²) in [4.78, 5) is 18.2. The summed E-state index contributed by atoms with van der Waals surface area (Å²) in [6.45, 7) is 5.63. The lowest BCUT2D eigenvalue weighted by Crippen LogP contribution is -2.39. The summed E-state index contributed by atoms with van der Waals surface area (Å²) in [7, 11) is 1.67. The number of rotatable bonds is 9. The van der Waals surface area contributed by atoms with Crippen molar-refractivity contribution in [1.82, 2.24) is 9.80 Å². The number of para-hydroxylation sites is 1. The van der Waals surface area contributed by atoms with Gasteiger partial charge in [0.25, 0.3) is 5.91 Å². The first-order valence-electron chi connectivity index (χ1n) is 11.6. The Kier molecular flexibility index (Phi) is 8.12. The average Bonchev–Trinajstić information content (AvgIpc) is 2.89. The highest BCUT2D eigenvalue weighted by Gasteiger charge is 2.21. The summed E-state index contributed by atoms with van der Waals surface area (Å²) in [5.41, 5.74) is 3.75. The van der Waals surface area contributed by atoms with Gasteiger partial charge in [-0.25, -0.2) is 0 Å². The molecule has 1 amide bonds. The van der Waals surface area contributed by atoms with Crippen molar-refractivity contribution in [3.05, 3.63) is 90.0 Å². The van der Waals surface area contributed by atoms with E-state index < -0.39 is 0 Å². The summed E-state index contributed by atoms with van der Waals surface area (Å²) >= 11 is 0. The molecule has 1 saturated heterocycles. The van der Waals surface area contributed by atoms with Crippen LogP contribution in [-0.2, 0) is 11.3 Å². The Balaban J connectivity index is 1.57. The Hall–Kier alpha value is -3.15. The van der Waals surface area contributed by atoms with Crippen molar-refractivity contribution < 1.29 is 14.3 Å². The first-order chi connectivity index (χ1) is 16.3. The predicted molar refractivity (Wildman–Crippen MR) is 131 cm³/mol. The number of ether oxygens (including phenoxy) is 2. The van der Waals surface area contributed by atoms with E-state index in [1.54, 1.807) is 7.11 Å². The molecular weight excluding hydrogens is 412 g/mol. The lowest BCUT2D eigenvalue weighted by Gasteiger charge is -2.29. The van der Waals surface area contributed by atoms with Gasteiger partial charge in [-0.3, -0.25) is 9.69 Å². The Labute approximate surface area is 196 Å². The van der Waals surface area contributed by atoms with E-state index in [0.717, 1.165) is 67.3 Å². The number of nitrogens with zero attached hydrogens (tertiary/aromatic N) is 2. The van der Waals surface area contributed by atoms with Gasteiger partial charge in [0.05, 0.1) is 20.3 Å². The van der Waals surface area contributed by atoms with E-state index in [4.69, 9.17) is 9.47 Å². The van der Waals surface area contributed by atoms with E-state index in [2.05, 4.69) is 17.0 Å². The second kappa shape index (κ2) is 11.6. The highest BCUT2D eigenvalue weighted by atomic mass is 16.5. The minimum Gasteiger partial charge on any atom is -0.496 e. The average molecular weight is 445 g/mol. The maximum Gasteiger partial charge on any atom is 0.254 e. The lowest BCUT2D eigenvalue weighted by atomic mass is 9.98. The third-order valence-electron chi connectivity index (χ3n) is 6.09. The summed E-state index contributed by atoms with van der Waals surface area (Å²) < 4.78 is 11.0. The standard InChI is InChI=1S/C28H32N2O3/c1-32-27-15-8-5-12-24(27)22-30(17-9-16-29-18-20-33-21-19-29)28(31)26-14-7-6-13-25(26)23-10-3-2-4-11-23/h2-8,10-15H,9,16-22H2,1H3. The Morgan fingerprint density at radius 1 is 0.939 bits per heavy atom. The third-order valence-corrected chi connectivity index (χ3v) is 6.09. The number of morpholine rings is 1. The van der Waals surface area contributed by atoms with Crippen LogP contribution in [0.3, 0.4) is 0 Å². The number of hydrogen-bond acceptors (Lipinski definition) is 4. The van der Waals surface area contributed by atoms with Crippen molar-refractivity contribution in [2.45, 2.75) is 13.0 Å². The third kappa shape index (κ3) is 6.01. The van der Waals surface area contributed by atoms with Gasteiger partial charge in [-0.15, -0.1) is 0 Å². The Morgan fingerprint density at radius 3 is 2.42 bits per heavy atom. The van der Waals surface area contributed by atoms with Gasteiger partial charge in [-0.1, -0.05) is 66.7 Å². The van der Waals surface area contributed by atoms with Crippen molar-refractivity contribution in [3.63, 3.8) is 0 Å². The predicted octanol–water partition coefficient (Wildman–Crippen LogP) is 4.73. The summed E-state index contributed by atoms with van der Waals surface area (Å²) in [5.74, 6) is 0.849. The first-order valence-corrected chi connectivity index (χ1v) is 11.6. The molecule has 1 aliphatic heterocycles. The molecule has 0 N–H and O–H groups in total. The lowest BCUT2D eigenvalue weighted by molar-refractivity contribution is 0.0355. The van der Waals surface area contributed by atoms with Gasteiger partial charge in [-0.2, -0.15) is 0 Å². The quantitative estimate of drug-likeness (QED) is 0.479. The molecular formula is C28H32N2O3. The molecule has 3 aromatic rings. The fourth-order valence-electron chi connectivity index (χ4n) is 4.31. The zero-order chi connectivity index (χ0) is 22.9. The second-order valence-electron chi connectivity index (χ2n) is 8.26. The fraction of sp³-hybridized carbons (Fsp3) is 0.321. The molecule has 5 heteroatoms. The molecule has 33 heavy (non-hydrogen) atoms. The van der Waals surface area contributed by atoms with Crippen LogP contribution in [0.1, 0.15) is 22.3 Å². The van der Waals surface area contributed by atoms with Gasteiger partial charge in [-0.05, 0) is 29.7 Å². The highest BCUT2D eigenvalue weighted by molar-refractivity contribution is 6.00. The number of carbonyl (C=O) groups excluding carboxylic acids is 1. The van der Waals surface area contributed by atoms with Gasteiger partial charge in [0.15, 0.2) is 0 Å². The van der Waals surface area contributed by atoms with Crippen LogP contribution < -0.4 is 4.74 Å². The van der Waals surface area contributed by atoms with E-state index in [1.165, 1.54) is 0 Å². The molecule has 172 valence electrons. The molecule has 1 fully saturated rings. The molecule has 4 rings (SSSR count). The van der Waals surface area contributed by atoms with Gasteiger partial charge >= 0.3 is 0 Å². The topological polar surface area (TPSA) is 42.0 Å². The highest BCUT2D eigenvalue weighted by Crippen LogP contribution is 2.26. The fourth-order valence-corrected chi connectivity index (χ4v) is 4.31. The molecule has 1 heterocycles. The van der Waals surface area contributed by atoms with E-state index in [9.17, 15) is 4.79 Å². The van der Waals surface area contributed by atoms with Crippen molar-refractivity contribution >= 4 is 5.91 Å². The molecule has 0 bridgehead atoms. The zero-order valence-corrected chi connectivity index (χ0v) is 19.3. The molecule has 0 atom stereocenters. The van der Waals surface area contributed by atoms with Crippen LogP contribution in [0.25, 0.3) is 11.1 Å². The van der Waals surface area contributed by atoms with Crippen molar-refractivity contribution in [3.8, 4) is 16.9 Å². The minimum absolute atomic E-state index is 0.0438. The maximum atomic E-state index is 13.9. The number of carbonyl (C=O) groups is 1. The SMILES string of the molecule is COc1ccccc1CN(CCCN1CCOCC1)C(=O)c1ccccc1-c1ccccc1. The van der Waals surface area contributed by atoms with E-state index in [0.29, 0.717) is 13.1 Å². The van der Waals surface area contributed by atoms with E-state index >= 15 is 0 Å². The van der Waals surface area contributed by atoms with Crippen LogP contribution in [0.4, 0.5) is 0 Å². The molecule has 0 saturated carbocycles. The van der Waals surface area contributed by atoms with Crippen LogP contribution in [0.5, 0.6) is 5.75 Å². The van der Waals surface area contributed by atoms with Crippen molar-refractivity contribution in [1.29, 1.82) is 0 Å². The molecule has 0 aromatic heterocycles. The minimum atomic E-state index is 0.0438. The van der Waals surface area contributed by atoms with Crippen LogP contribution in [0.2, 0.25) is 0 Å². The monoisotopic (exact) mass is 444 g/mol. The number of hydrogen-bond donors (Lipinski definition) is 0. The van der Waals surface area contributed by atoms with Crippen molar-refractivity contribution in [2.24, 2.45) is 0 Å². The van der Waals surface area contributed by atoms with E-state index in [-0.39, 0.29) is 5.91 Å². The van der Waals surface area contributed by atoms with Crippen LogP contribution in [0, 0.1) is 0 Å². The molecule has 0 spiro atoms. The van der Waals surface area contributed by atoms with Gasteiger partial charge in [0.1, 0.15) is 5.75 Å². The summed E-state index contributed by atoms with van der Waals surface area (Å²) in [6, 6.07) is 25.9. The smallest absolute Gasteiger partial charge is 0.254 e. The summed E-state index contributed by atoms with van der Waals surface area (Å²) in [5, 5.41) is 0. The summed E-state index contributed by atoms with van der Waals surface area (Å²) in [6.07, 6.45) is 0.911. The van der Waals surface area contributed by atoms with Crippen LogP contribution in [0.15, 0.2) is 78.9 Å². The Bertz CT molecular complexity index is 1030. The molecule has 5 nitrogen and oxygen atoms in total. The normalized spacial score (nSPS) is 14.1. The number of benzene rings is 3. The zero-order valence-electron chi connectivity index (χ0n) is 19.3. The molecule has 0 unspecified atom stereocenters. The van der Waals surface area contributed by atoms with Gasteiger partial charge in [0.2, 0.25) is 0 Å². The molecule has 1 aliphatic rings. The molecule has 3 aromatic carbocycles.